The largest absolute Gasteiger partial charge is 0.481 e. The molecule has 2 radical (unpaired) electrons. The molecule has 0 spiro atoms. The van der Waals surface area contributed by atoms with Gasteiger partial charge in [-0.1, -0.05) is 19.2 Å². The lowest BCUT2D eigenvalue weighted by Gasteiger charge is -2.37. The van der Waals surface area contributed by atoms with Crippen molar-refractivity contribution in [3.8, 4) is 0 Å². The molecule has 0 saturated carbocycles. The summed E-state index contributed by atoms with van der Waals surface area (Å²) >= 11 is 0. The Labute approximate surface area is 133 Å². The third-order valence-electron chi connectivity index (χ3n) is 4.85. The van der Waals surface area contributed by atoms with Crippen molar-refractivity contribution in [1.82, 2.24) is 4.90 Å². The number of hydrogen-bond acceptors (Lipinski definition) is 4. The highest BCUT2D eigenvalue weighted by molar-refractivity contribution is 6.08. The van der Waals surface area contributed by atoms with Gasteiger partial charge in [0.25, 0.3) is 0 Å². The predicted octanol–water partition coefficient (Wildman–Crippen LogP) is 1.10. The Morgan fingerprint density at radius 2 is 1.82 bits per heavy atom. The second-order valence-corrected chi connectivity index (χ2v) is 6.66. The van der Waals surface area contributed by atoms with Crippen LogP contribution in [-0.2, 0) is 9.59 Å². The summed E-state index contributed by atoms with van der Waals surface area (Å²) in [6.45, 7) is 3.69. The van der Waals surface area contributed by atoms with Crippen LogP contribution in [0, 0.1) is 5.41 Å². The summed E-state index contributed by atoms with van der Waals surface area (Å²) < 4.78 is 0. The van der Waals surface area contributed by atoms with E-state index in [1.165, 1.54) is 0 Å². The molecule has 0 aromatic heterocycles. The van der Waals surface area contributed by atoms with E-state index in [4.69, 9.17) is 13.6 Å². The Balaban J connectivity index is 2.47. The van der Waals surface area contributed by atoms with Crippen molar-refractivity contribution >= 4 is 19.8 Å². The van der Waals surface area contributed by atoms with Gasteiger partial charge in [-0.2, -0.15) is 0 Å². The summed E-state index contributed by atoms with van der Waals surface area (Å²) in [6, 6.07) is 0. The highest BCUT2D eigenvalue weighted by atomic mass is 16.4. The number of carbonyl (C=O) groups is 2. The summed E-state index contributed by atoms with van der Waals surface area (Å²) in [5, 5.41) is 18.6. The minimum absolute atomic E-state index is 0.372. The molecule has 4 N–H and O–H groups in total. The maximum absolute atomic E-state index is 11.4. The van der Waals surface area contributed by atoms with Gasteiger partial charge in [0.05, 0.1) is 13.3 Å². The number of likely N-dealkylation sites (tertiary alicyclic amines) is 1. The van der Waals surface area contributed by atoms with Crippen molar-refractivity contribution in [1.29, 1.82) is 0 Å². The molecule has 0 aromatic carbocycles. The molecule has 0 amide bonds. The summed E-state index contributed by atoms with van der Waals surface area (Å²) in [7, 11) is 5.43. The van der Waals surface area contributed by atoms with Crippen LogP contribution in [0.2, 0.25) is 6.32 Å². The van der Waals surface area contributed by atoms with E-state index < -0.39 is 22.9 Å². The molecule has 0 aromatic rings. The first-order valence-electron chi connectivity index (χ1n) is 7.92. The molecule has 1 atom stereocenters. The van der Waals surface area contributed by atoms with Gasteiger partial charge in [-0.25, -0.2) is 0 Å². The van der Waals surface area contributed by atoms with Crippen LogP contribution in [0.5, 0.6) is 0 Å². The van der Waals surface area contributed by atoms with Gasteiger partial charge in [-0.3, -0.25) is 9.59 Å². The number of carboxylic acid groups (broad SMARTS) is 2. The number of carboxylic acids is 2. The summed E-state index contributed by atoms with van der Waals surface area (Å²) in [4.78, 5) is 24.7. The van der Waals surface area contributed by atoms with E-state index in [-0.39, 0.29) is 0 Å². The van der Waals surface area contributed by atoms with Crippen LogP contribution >= 0.6 is 0 Å². The molecule has 1 unspecified atom stereocenters. The van der Waals surface area contributed by atoms with Crippen LogP contribution in [-0.4, -0.2) is 60.1 Å². The highest BCUT2D eigenvalue weighted by Gasteiger charge is 2.38. The van der Waals surface area contributed by atoms with Crippen molar-refractivity contribution in [3.05, 3.63) is 0 Å². The van der Waals surface area contributed by atoms with Crippen LogP contribution in [0.4, 0.5) is 0 Å². The molecule has 124 valence electrons. The van der Waals surface area contributed by atoms with Gasteiger partial charge in [0.2, 0.25) is 0 Å². The van der Waals surface area contributed by atoms with Crippen LogP contribution in [0.3, 0.4) is 0 Å². The van der Waals surface area contributed by atoms with E-state index in [9.17, 15) is 19.8 Å². The standard InChI is InChI=1S/C15H27BN2O4/c1-14(12(19)20)5-9-18(10-6-14)11-7-15(17,13(21)22)4-2-3-8-16/h2-11,17H2,1H3,(H,19,20)(H,21,22). The molecule has 0 bridgehead atoms. The highest BCUT2D eigenvalue weighted by Crippen LogP contribution is 2.31. The second kappa shape index (κ2) is 7.97. The molecule has 1 saturated heterocycles. The molecular formula is C15H27BN2O4. The average Bonchev–Trinajstić information content (AvgIpc) is 2.46. The number of hydrogen-bond donors (Lipinski definition) is 3. The monoisotopic (exact) mass is 310 g/mol. The molecule has 1 fully saturated rings. The Hall–Kier alpha value is -1.08. The fourth-order valence-corrected chi connectivity index (χ4v) is 2.77. The first-order valence-corrected chi connectivity index (χ1v) is 7.92. The maximum Gasteiger partial charge on any atom is 0.323 e. The third kappa shape index (κ3) is 4.99. The quantitative estimate of drug-likeness (QED) is 0.435. The third-order valence-corrected chi connectivity index (χ3v) is 4.85. The number of unbranched alkanes of at least 4 members (excludes halogenated alkanes) is 1. The first kappa shape index (κ1) is 19.0. The van der Waals surface area contributed by atoms with E-state index in [0.29, 0.717) is 58.1 Å². The van der Waals surface area contributed by atoms with Gasteiger partial charge in [0.15, 0.2) is 0 Å². The Morgan fingerprint density at radius 3 is 2.27 bits per heavy atom. The lowest BCUT2D eigenvalue weighted by atomic mass is 9.80. The van der Waals surface area contributed by atoms with E-state index in [1.807, 2.05) is 0 Å². The van der Waals surface area contributed by atoms with Crippen LogP contribution in [0.25, 0.3) is 0 Å². The topological polar surface area (TPSA) is 104 Å². The maximum atomic E-state index is 11.4. The minimum atomic E-state index is -1.22. The number of nitrogens with two attached hydrogens (primary N) is 1. The SMILES string of the molecule is [B]CCCCC(N)(CCN1CCC(C)(C(=O)O)CC1)C(=O)O. The van der Waals surface area contributed by atoms with Gasteiger partial charge < -0.3 is 20.8 Å². The zero-order valence-corrected chi connectivity index (χ0v) is 13.4. The van der Waals surface area contributed by atoms with Crippen molar-refractivity contribution in [2.24, 2.45) is 11.1 Å². The number of rotatable bonds is 9. The van der Waals surface area contributed by atoms with E-state index >= 15 is 0 Å². The molecule has 6 nitrogen and oxygen atoms in total. The zero-order valence-electron chi connectivity index (χ0n) is 13.4. The molecule has 1 heterocycles. The molecule has 1 aliphatic heterocycles. The normalized spacial score (nSPS) is 21.2. The summed E-state index contributed by atoms with van der Waals surface area (Å²) in [5.41, 5.74) is 4.16. The van der Waals surface area contributed by atoms with E-state index in [1.54, 1.807) is 6.92 Å². The molecule has 7 heteroatoms. The van der Waals surface area contributed by atoms with Crippen molar-refractivity contribution in [3.63, 3.8) is 0 Å². The molecule has 1 aliphatic rings. The summed E-state index contributed by atoms with van der Waals surface area (Å²) in [6.07, 6.45) is 3.97. The number of nitrogens with zero attached hydrogens (tertiary/aromatic N) is 1. The lowest BCUT2D eigenvalue weighted by molar-refractivity contribution is -0.150. The predicted molar refractivity (Wildman–Crippen MR) is 85.0 cm³/mol. The smallest absolute Gasteiger partial charge is 0.323 e. The molecular weight excluding hydrogens is 283 g/mol. The van der Waals surface area contributed by atoms with Gasteiger partial charge in [0, 0.05) is 6.54 Å². The van der Waals surface area contributed by atoms with Crippen molar-refractivity contribution in [2.75, 3.05) is 19.6 Å². The second-order valence-electron chi connectivity index (χ2n) is 6.66. The van der Waals surface area contributed by atoms with Gasteiger partial charge in [-0.05, 0) is 45.7 Å². The minimum Gasteiger partial charge on any atom is -0.481 e. The molecule has 1 rings (SSSR count). The lowest BCUT2D eigenvalue weighted by Crippen LogP contribution is -2.51. The Bertz CT molecular complexity index is 397. The number of piperidine rings is 1. The van der Waals surface area contributed by atoms with Crippen LogP contribution < -0.4 is 5.73 Å². The Kier molecular flexibility index (Phi) is 6.87. The zero-order chi connectivity index (χ0) is 16.8. The Morgan fingerprint density at radius 1 is 1.23 bits per heavy atom. The average molecular weight is 310 g/mol. The van der Waals surface area contributed by atoms with Crippen LogP contribution in [0.15, 0.2) is 0 Å². The summed E-state index contributed by atoms with van der Waals surface area (Å²) in [5.74, 6) is -1.73. The van der Waals surface area contributed by atoms with E-state index in [2.05, 4.69) is 4.90 Å². The van der Waals surface area contributed by atoms with Gasteiger partial charge in [0.1, 0.15) is 5.54 Å². The van der Waals surface area contributed by atoms with Gasteiger partial charge >= 0.3 is 11.9 Å². The molecule has 0 aliphatic carbocycles. The first-order chi connectivity index (χ1) is 10.2. The van der Waals surface area contributed by atoms with Gasteiger partial charge in [-0.15, -0.1) is 0 Å². The fourth-order valence-electron chi connectivity index (χ4n) is 2.77. The van der Waals surface area contributed by atoms with E-state index in [0.717, 1.165) is 6.42 Å². The van der Waals surface area contributed by atoms with Crippen molar-refractivity contribution < 1.29 is 19.8 Å². The number of aliphatic carboxylic acids is 2. The van der Waals surface area contributed by atoms with Crippen LogP contribution in [0.1, 0.15) is 45.4 Å². The fraction of sp³-hybridized carbons (Fsp3) is 0.867. The molecule has 22 heavy (non-hydrogen) atoms. The van der Waals surface area contributed by atoms with Crippen molar-refractivity contribution in [2.45, 2.75) is 57.3 Å².